The largest absolute Gasteiger partial charge is 0.373 e. The van der Waals surface area contributed by atoms with Gasteiger partial charge in [-0.15, -0.1) is 0 Å². The minimum absolute atomic E-state index is 0.118. The van der Waals surface area contributed by atoms with E-state index in [1.165, 1.54) is 17.0 Å². The fourth-order valence-corrected chi connectivity index (χ4v) is 3.73. The molecule has 1 aromatic rings. The van der Waals surface area contributed by atoms with Gasteiger partial charge in [0, 0.05) is 0 Å². The molecule has 5 heteroatoms. The maximum absolute atomic E-state index is 13.3. The Morgan fingerprint density at radius 1 is 1.15 bits per heavy atom. The molecule has 3 saturated heterocycles. The number of ether oxygens (including phenoxy) is 1. The number of anilines is 1. The molecule has 0 aromatic heterocycles. The summed E-state index contributed by atoms with van der Waals surface area (Å²) in [7, 11) is 0. The highest BCUT2D eigenvalue weighted by molar-refractivity contribution is 6.22. The van der Waals surface area contributed by atoms with E-state index in [0.717, 1.165) is 12.8 Å². The molecule has 4 atom stereocenters. The zero-order chi connectivity index (χ0) is 14.0. The van der Waals surface area contributed by atoms with Gasteiger partial charge in [0.15, 0.2) is 0 Å². The predicted molar refractivity (Wildman–Crippen MR) is 68.5 cm³/mol. The van der Waals surface area contributed by atoms with E-state index in [-0.39, 0.29) is 41.7 Å². The number of nitrogens with zero attached hydrogens (tertiary/aromatic N) is 1. The van der Waals surface area contributed by atoms with E-state index >= 15 is 0 Å². The summed E-state index contributed by atoms with van der Waals surface area (Å²) in [5.74, 6) is -1.41. The van der Waals surface area contributed by atoms with Crippen LogP contribution in [0.4, 0.5) is 10.1 Å². The minimum Gasteiger partial charge on any atom is -0.373 e. The van der Waals surface area contributed by atoms with E-state index in [1.807, 2.05) is 0 Å². The average molecular weight is 275 g/mol. The van der Waals surface area contributed by atoms with Crippen LogP contribution in [0.3, 0.4) is 0 Å². The van der Waals surface area contributed by atoms with Crippen LogP contribution < -0.4 is 4.90 Å². The fraction of sp³-hybridized carbons (Fsp3) is 0.467. The molecule has 0 radical (unpaired) electrons. The highest BCUT2D eigenvalue weighted by Gasteiger charge is 2.62. The van der Waals surface area contributed by atoms with E-state index in [2.05, 4.69) is 0 Å². The minimum atomic E-state index is -0.341. The quantitative estimate of drug-likeness (QED) is 0.734. The Morgan fingerprint density at radius 3 is 2.30 bits per heavy atom. The van der Waals surface area contributed by atoms with Crippen molar-refractivity contribution in [1.29, 1.82) is 0 Å². The number of carbonyl (C=O) groups excluding carboxylic acids is 2. The third kappa shape index (κ3) is 1.38. The number of hydrogen-bond acceptors (Lipinski definition) is 3. The van der Waals surface area contributed by atoms with Crippen molar-refractivity contribution in [2.24, 2.45) is 11.8 Å². The van der Waals surface area contributed by atoms with E-state index in [4.69, 9.17) is 4.74 Å². The lowest BCUT2D eigenvalue weighted by atomic mass is 9.81. The molecule has 20 heavy (non-hydrogen) atoms. The molecular formula is C15H14FNO3. The number of amides is 2. The average Bonchev–Trinajstić information content (AvgIpc) is 3.08. The molecule has 3 heterocycles. The Hall–Kier alpha value is -1.75. The van der Waals surface area contributed by atoms with Crippen LogP contribution >= 0.6 is 0 Å². The van der Waals surface area contributed by atoms with Crippen LogP contribution in [-0.2, 0) is 14.3 Å². The van der Waals surface area contributed by atoms with Gasteiger partial charge in [-0.2, -0.15) is 0 Å². The molecule has 0 unspecified atom stereocenters. The summed E-state index contributed by atoms with van der Waals surface area (Å²) in [5.41, 5.74) is 0.895. The standard InChI is InChI=1S/C15H14FNO3/c1-7-6-8(2-3-9(7)16)17-14(18)12-10-4-5-11(20-10)13(12)15(17)19/h2-3,6,10-13H,4-5H2,1H3/t10-,11+,12-,13+. The smallest absolute Gasteiger partial charge is 0.240 e. The van der Waals surface area contributed by atoms with Crippen LogP contribution in [0.15, 0.2) is 18.2 Å². The maximum Gasteiger partial charge on any atom is 0.240 e. The Kier molecular flexibility index (Phi) is 2.33. The lowest BCUT2D eigenvalue weighted by Gasteiger charge is -2.18. The molecule has 0 saturated carbocycles. The van der Waals surface area contributed by atoms with Gasteiger partial charge in [-0.05, 0) is 43.5 Å². The molecule has 3 aliphatic heterocycles. The summed E-state index contributed by atoms with van der Waals surface area (Å²) in [6.45, 7) is 1.62. The monoisotopic (exact) mass is 275 g/mol. The van der Waals surface area contributed by atoms with E-state index in [9.17, 15) is 14.0 Å². The van der Waals surface area contributed by atoms with Gasteiger partial charge < -0.3 is 4.74 Å². The van der Waals surface area contributed by atoms with Crippen LogP contribution in [-0.4, -0.2) is 24.0 Å². The van der Waals surface area contributed by atoms with E-state index < -0.39 is 0 Å². The second-order valence-electron chi connectivity index (χ2n) is 5.79. The second kappa shape index (κ2) is 3.88. The van der Waals surface area contributed by atoms with Gasteiger partial charge in [-0.25, -0.2) is 9.29 Å². The number of fused-ring (bicyclic) bond motifs is 5. The van der Waals surface area contributed by atoms with Gasteiger partial charge in [0.1, 0.15) is 5.82 Å². The lowest BCUT2D eigenvalue weighted by molar-refractivity contribution is -0.124. The first-order valence-electron chi connectivity index (χ1n) is 6.87. The topological polar surface area (TPSA) is 46.6 Å². The molecule has 3 fully saturated rings. The van der Waals surface area contributed by atoms with Gasteiger partial charge in [0.05, 0.1) is 29.7 Å². The highest BCUT2D eigenvalue weighted by Crippen LogP contribution is 2.49. The number of benzene rings is 1. The first-order valence-corrected chi connectivity index (χ1v) is 6.87. The molecule has 104 valence electrons. The molecule has 3 aliphatic rings. The van der Waals surface area contributed by atoms with Gasteiger partial charge in [0.25, 0.3) is 0 Å². The van der Waals surface area contributed by atoms with Crippen molar-refractivity contribution < 1.29 is 18.7 Å². The highest BCUT2D eigenvalue weighted by atomic mass is 19.1. The van der Waals surface area contributed by atoms with Crippen molar-refractivity contribution >= 4 is 17.5 Å². The van der Waals surface area contributed by atoms with Crippen molar-refractivity contribution in [2.75, 3.05) is 4.90 Å². The molecule has 4 rings (SSSR count). The van der Waals surface area contributed by atoms with Crippen molar-refractivity contribution in [2.45, 2.75) is 32.0 Å². The summed E-state index contributed by atoms with van der Waals surface area (Å²) >= 11 is 0. The first kappa shape index (κ1) is 12.0. The van der Waals surface area contributed by atoms with Gasteiger partial charge in [-0.3, -0.25) is 9.59 Å². The van der Waals surface area contributed by atoms with Crippen LogP contribution in [0.25, 0.3) is 0 Å². The predicted octanol–water partition coefficient (Wildman–Crippen LogP) is 1.80. The van der Waals surface area contributed by atoms with Crippen molar-refractivity contribution in [3.8, 4) is 0 Å². The Morgan fingerprint density at radius 2 is 1.75 bits per heavy atom. The molecular weight excluding hydrogens is 261 g/mol. The van der Waals surface area contributed by atoms with Gasteiger partial charge in [-0.1, -0.05) is 0 Å². The lowest BCUT2D eigenvalue weighted by Crippen LogP contribution is -2.34. The number of halogens is 1. The third-order valence-electron chi connectivity index (χ3n) is 4.68. The van der Waals surface area contributed by atoms with E-state index in [0.29, 0.717) is 11.3 Å². The molecule has 1 aromatic carbocycles. The molecule has 2 amide bonds. The molecule has 0 aliphatic carbocycles. The Bertz CT molecular complexity index is 602. The summed E-state index contributed by atoms with van der Waals surface area (Å²) in [4.78, 5) is 26.2. The summed E-state index contributed by atoms with van der Waals surface area (Å²) in [6.07, 6.45) is 1.46. The zero-order valence-electron chi connectivity index (χ0n) is 11.0. The van der Waals surface area contributed by atoms with Crippen molar-refractivity contribution in [1.82, 2.24) is 0 Å². The normalized spacial score (nSPS) is 35.0. The van der Waals surface area contributed by atoms with Gasteiger partial charge >= 0.3 is 0 Å². The maximum atomic E-state index is 13.3. The second-order valence-corrected chi connectivity index (χ2v) is 5.79. The van der Waals surface area contributed by atoms with Crippen LogP contribution in [0.2, 0.25) is 0 Å². The summed E-state index contributed by atoms with van der Waals surface area (Å²) in [6, 6.07) is 4.33. The SMILES string of the molecule is Cc1cc(N2C(=O)[C@@H]3[C@H](C2=O)[C@H]2CC[C@@H]3O2)ccc1F. The Labute approximate surface area is 115 Å². The van der Waals surface area contributed by atoms with Crippen molar-refractivity contribution in [3.63, 3.8) is 0 Å². The van der Waals surface area contributed by atoms with Gasteiger partial charge in [0.2, 0.25) is 11.8 Å². The third-order valence-corrected chi connectivity index (χ3v) is 4.68. The zero-order valence-corrected chi connectivity index (χ0v) is 11.0. The van der Waals surface area contributed by atoms with E-state index in [1.54, 1.807) is 13.0 Å². The summed E-state index contributed by atoms with van der Waals surface area (Å²) in [5, 5.41) is 0. The number of imide groups is 1. The Balaban J connectivity index is 1.74. The number of aryl methyl sites for hydroxylation is 1. The fourth-order valence-electron chi connectivity index (χ4n) is 3.73. The number of carbonyl (C=O) groups is 2. The molecule has 2 bridgehead atoms. The molecule has 0 N–H and O–H groups in total. The van der Waals surface area contributed by atoms with Crippen LogP contribution in [0.5, 0.6) is 0 Å². The van der Waals surface area contributed by atoms with Crippen LogP contribution in [0, 0.1) is 24.6 Å². The number of hydrogen-bond donors (Lipinski definition) is 0. The summed E-state index contributed by atoms with van der Waals surface area (Å²) < 4.78 is 19.0. The number of rotatable bonds is 1. The van der Waals surface area contributed by atoms with Crippen molar-refractivity contribution in [3.05, 3.63) is 29.6 Å². The first-order chi connectivity index (χ1) is 9.58. The molecule has 4 nitrogen and oxygen atoms in total. The molecule has 0 spiro atoms. The van der Waals surface area contributed by atoms with Crippen LogP contribution in [0.1, 0.15) is 18.4 Å².